The third kappa shape index (κ3) is 1.53. The van der Waals surface area contributed by atoms with Gasteiger partial charge in [0.15, 0.2) is 0 Å². The van der Waals surface area contributed by atoms with Crippen molar-refractivity contribution in [2.45, 2.75) is 6.92 Å². The standard InChI is InChI=1S/C10H9ClN2O2/c1-5-7(11)2-3-8(14)9(5)6-4-13-15-10(6)12/h2-4,14H,12H2,1H3. The first-order chi connectivity index (χ1) is 7.11. The van der Waals surface area contributed by atoms with E-state index in [0.717, 1.165) is 5.56 Å². The predicted molar refractivity (Wildman–Crippen MR) is 57.8 cm³/mol. The molecule has 0 saturated carbocycles. The zero-order chi connectivity index (χ0) is 11.0. The molecule has 0 radical (unpaired) electrons. The van der Waals surface area contributed by atoms with Crippen molar-refractivity contribution in [1.29, 1.82) is 0 Å². The van der Waals surface area contributed by atoms with Gasteiger partial charge in [-0.25, -0.2) is 0 Å². The monoisotopic (exact) mass is 224 g/mol. The van der Waals surface area contributed by atoms with Crippen molar-refractivity contribution >= 4 is 17.5 Å². The van der Waals surface area contributed by atoms with E-state index in [-0.39, 0.29) is 11.6 Å². The van der Waals surface area contributed by atoms with Crippen molar-refractivity contribution in [3.8, 4) is 16.9 Å². The van der Waals surface area contributed by atoms with E-state index in [9.17, 15) is 5.11 Å². The lowest BCUT2D eigenvalue weighted by molar-refractivity contribution is 0.436. The fourth-order valence-corrected chi connectivity index (χ4v) is 1.61. The van der Waals surface area contributed by atoms with E-state index in [2.05, 4.69) is 5.16 Å². The van der Waals surface area contributed by atoms with E-state index in [0.29, 0.717) is 16.1 Å². The molecule has 1 aromatic heterocycles. The molecule has 0 aliphatic rings. The normalized spacial score (nSPS) is 10.5. The fraction of sp³-hybridized carbons (Fsp3) is 0.100. The second kappa shape index (κ2) is 3.47. The first-order valence-electron chi connectivity index (χ1n) is 4.30. The average molecular weight is 225 g/mol. The summed E-state index contributed by atoms with van der Waals surface area (Å²) in [5.41, 5.74) is 7.42. The molecule has 0 saturated heterocycles. The first kappa shape index (κ1) is 9.86. The maximum atomic E-state index is 9.73. The highest BCUT2D eigenvalue weighted by Crippen LogP contribution is 2.38. The van der Waals surface area contributed by atoms with Crippen LogP contribution in [-0.2, 0) is 0 Å². The quantitative estimate of drug-likeness (QED) is 0.781. The molecule has 0 aliphatic heterocycles. The summed E-state index contributed by atoms with van der Waals surface area (Å²) < 4.78 is 4.74. The second-order valence-corrected chi connectivity index (χ2v) is 3.58. The molecule has 4 nitrogen and oxygen atoms in total. The minimum absolute atomic E-state index is 0.104. The molecule has 0 aliphatic carbocycles. The Balaban J connectivity index is 2.72. The van der Waals surface area contributed by atoms with Crippen LogP contribution < -0.4 is 5.73 Å². The molecular formula is C10H9ClN2O2. The number of benzene rings is 1. The summed E-state index contributed by atoms with van der Waals surface area (Å²) in [6, 6.07) is 3.14. The molecule has 78 valence electrons. The van der Waals surface area contributed by atoms with Crippen LogP contribution in [-0.4, -0.2) is 10.3 Å². The number of nitrogens with zero attached hydrogens (tertiary/aromatic N) is 1. The molecule has 0 unspecified atom stereocenters. The number of halogens is 1. The second-order valence-electron chi connectivity index (χ2n) is 3.17. The SMILES string of the molecule is Cc1c(Cl)ccc(O)c1-c1cnoc1N. The molecule has 3 N–H and O–H groups in total. The van der Waals surface area contributed by atoms with Gasteiger partial charge in [0.25, 0.3) is 0 Å². The number of phenols is 1. The molecule has 15 heavy (non-hydrogen) atoms. The molecule has 0 fully saturated rings. The van der Waals surface area contributed by atoms with Crippen LogP contribution in [0.25, 0.3) is 11.1 Å². The Hall–Kier alpha value is -1.68. The van der Waals surface area contributed by atoms with E-state index < -0.39 is 0 Å². The summed E-state index contributed by atoms with van der Waals surface area (Å²) in [7, 11) is 0. The first-order valence-corrected chi connectivity index (χ1v) is 4.67. The van der Waals surface area contributed by atoms with E-state index >= 15 is 0 Å². The summed E-state index contributed by atoms with van der Waals surface area (Å²) in [5.74, 6) is 0.266. The van der Waals surface area contributed by atoms with Gasteiger partial charge in [0.1, 0.15) is 5.75 Å². The Morgan fingerprint density at radius 1 is 1.47 bits per heavy atom. The highest BCUT2D eigenvalue weighted by Gasteiger charge is 2.15. The lowest BCUT2D eigenvalue weighted by Gasteiger charge is -2.07. The topological polar surface area (TPSA) is 72.3 Å². The fourth-order valence-electron chi connectivity index (χ4n) is 1.45. The number of aromatic nitrogens is 1. The van der Waals surface area contributed by atoms with Crippen molar-refractivity contribution in [2.75, 3.05) is 5.73 Å². The Morgan fingerprint density at radius 3 is 2.80 bits per heavy atom. The molecule has 1 heterocycles. The zero-order valence-corrected chi connectivity index (χ0v) is 8.75. The molecule has 0 spiro atoms. The van der Waals surface area contributed by atoms with Crippen LogP contribution in [0.5, 0.6) is 5.75 Å². The Bertz CT molecular complexity index is 508. The number of rotatable bonds is 1. The smallest absolute Gasteiger partial charge is 0.230 e. The summed E-state index contributed by atoms with van der Waals surface area (Å²) in [6.45, 7) is 1.80. The Labute approximate surface area is 91.3 Å². The number of anilines is 1. The zero-order valence-electron chi connectivity index (χ0n) is 7.99. The van der Waals surface area contributed by atoms with Crippen molar-refractivity contribution < 1.29 is 9.63 Å². The van der Waals surface area contributed by atoms with Gasteiger partial charge in [-0.1, -0.05) is 16.8 Å². The average Bonchev–Trinajstić information content (AvgIpc) is 2.60. The molecule has 5 heteroatoms. The number of nitrogens with two attached hydrogens (primary N) is 1. The van der Waals surface area contributed by atoms with Gasteiger partial charge in [-0.3, -0.25) is 0 Å². The lowest BCUT2D eigenvalue weighted by Crippen LogP contribution is -1.89. The third-order valence-corrected chi connectivity index (χ3v) is 2.65. The highest BCUT2D eigenvalue weighted by atomic mass is 35.5. The van der Waals surface area contributed by atoms with Gasteiger partial charge in [0, 0.05) is 10.6 Å². The number of nitrogen functional groups attached to an aromatic ring is 1. The number of phenolic OH excluding ortho intramolecular Hbond substituents is 1. The Morgan fingerprint density at radius 2 is 2.20 bits per heavy atom. The van der Waals surface area contributed by atoms with Crippen molar-refractivity contribution in [2.24, 2.45) is 0 Å². The van der Waals surface area contributed by atoms with E-state index in [1.54, 1.807) is 13.0 Å². The van der Waals surface area contributed by atoms with Crippen LogP contribution >= 0.6 is 11.6 Å². The molecular weight excluding hydrogens is 216 g/mol. The van der Waals surface area contributed by atoms with Gasteiger partial charge < -0.3 is 15.4 Å². The minimum Gasteiger partial charge on any atom is -0.507 e. The van der Waals surface area contributed by atoms with Gasteiger partial charge in [-0.05, 0) is 24.6 Å². The third-order valence-electron chi connectivity index (χ3n) is 2.24. The number of hydrogen-bond donors (Lipinski definition) is 2. The van der Waals surface area contributed by atoms with Crippen molar-refractivity contribution in [1.82, 2.24) is 5.16 Å². The minimum atomic E-state index is 0.104. The van der Waals surface area contributed by atoms with Crippen molar-refractivity contribution in [3.63, 3.8) is 0 Å². The van der Waals surface area contributed by atoms with Gasteiger partial charge in [0.05, 0.1) is 11.8 Å². The van der Waals surface area contributed by atoms with Gasteiger partial charge >= 0.3 is 0 Å². The van der Waals surface area contributed by atoms with E-state index in [4.69, 9.17) is 21.9 Å². The van der Waals surface area contributed by atoms with Crippen LogP contribution in [0.1, 0.15) is 5.56 Å². The van der Waals surface area contributed by atoms with Crippen LogP contribution in [0.15, 0.2) is 22.9 Å². The van der Waals surface area contributed by atoms with Gasteiger partial charge in [-0.2, -0.15) is 0 Å². The molecule has 2 aromatic rings. The predicted octanol–water partition coefficient (Wildman–Crippen LogP) is 2.59. The summed E-state index contributed by atoms with van der Waals surface area (Å²) in [5, 5.41) is 13.8. The maximum absolute atomic E-state index is 9.73. The van der Waals surface area contributed by atoms with Gasteiger partial charge in [-0.15, -0.1) is 0 Å². The number of aromatic hydroxyl groups is 1. The maximum Gasteiger partial charge on any atom is 0.230 e. The van der Waals surface area contributed by atoms with E-state index in [1.165, 1.54) is 12.3 Å². The van der Waals surface area contributed by atoms with Crippen LogP contribution in [0, 0.1) is 6.92 Å². The lowest BCUT2D eigenvalue weighted by atomic mass is 10.0. The summed E-state index contributed by atoms with van der Waals surface area (Å²) in [4.78, 5) is 0. The van der Waals surface area contributed by atoms with Crippen molar-refractivity contribution in [3.05, 3.63) is 28.9 Å². The van der Waals surface area contributed by atoms with Gasteiger partial charge in [0.2, 0.25) is 5.88 Å². The molecule has 2 rings (SSSR count). The number of hydrogen-bond acceptors (Lipinski definition) is 4. The van der Waals surface area contributed by atoms with Crippen LogP contribution in [0.3, 0.4) is 0 Å². The summed E-state index contributed by atoms with van der Waals surface area (Å²) >= 11 is 5.95. The summed E-state index contributed by atoms with van der Waals surface area (Å²) in [6.07, 6.45) is 1.45. The molecule has 0 amide bonds. The molecule has 0 bridgehead atoms. The molecule has 0 atom stereocenters. The highest BCUT2D eigenvalue weighted by molar-refractivity contribution is 6.31. The van der Waals surface area contributed by atoms with Crippen LogP contribution in [0.4, 0.5) is 5.88 Å². The Kier molecular flexibility index (Phi) is 2.28. The largest absolute Gasteiger partial charge is 0.507 e. The van der Waals surface area contributed by atoms with Crippen LogP contribution in [0.2, 0.25) is 5.02 Å². The molecule has 1 aromatic carbocycles. The van der Waals surface area contributed by atoms with E-state index in [1.807, 2.05) is 0 Å².